The minimum Gasteiger partial charge on any atom is -0.492 e. The average Bonchev–Trinajstić information content (AvgIpc) is 2.57. The van der Waals surface area contributed by atoms with Crippen molar-refractivity contribution in [3.63, 3.8) is 0 Å². The Morgan fingerprint density at radius 2 is 1.70 bits per heavy atom. The van der Waals surface area contributed by atoms with Gasteiger partial charge < -0.3 is 14.8 Å². The number of para-hydroxylation sites is 3. The first-order valence-corrected chi connectivity index (χ1v) is 7.93. The summed E-state index contributed by atoms with van der Waals surface area (Å²) < 4.78 is 11.3. The largest absolute Gasteiger partial charge is 0.492 e. The summed E-state index contributed by atoms with van der Waals surface area (Å²) in [5.74, 6) is 1.20. The van der Waals surface area contributed by atoms with Crippen LogP contribution in [0.3, 0.4) is 0 Å². The van der Waals surface area contributed by atoms with Gasteiger partial charge in [-0.1, -0.05) is 37.3 Å². The van der Waals surface area contributed by atoms with Crippen molar-refractivity contribution in [1.29, 1.82) is 0 Å². The van der Waals surface area contributed by atoms with Gasteiger partial charge in [0, 0.05) is 0 Å². The monoisotopic (exact) mass is 313 g/mol. The molecule has 4 nitrogen and oxygen atoms in total. The van der Waals surface area contributed by atoms with Crippen LogP contribution < -0.4 is 14.8 Å². The van der Waals surface area contributed by atoms with Gasteiger partial charge in [-0.2, -0.15) is 0 Å². The summed E-state index contributed by atoms with van der Waals surface area (Å²) in [6.07, 6.45) is 0.259. The fourth-order valence-corrected chi connectivity index (χ4v) is 2.24. The van der Waals surface area contributed by atoms with Crippen LogP contribution in [0.5, 0.6) is 11.5 Å². The van der Waals surface area contributed by atoms with E-state index in [4.69, 9.17) is 9.47 Å². The minimum absolute atomic E-state index is 0.206. The predicted molar refractivity (Wildman–Crippen MR) is 92.2 cm³/mol. The Kier molecular flexibility index (Phi) is 6.03. The van der Waals surface area contributed by atoms with E-state index < -0.39 is 6.10 Å². The molecule has 0 aliphatic carbocycles. The van der Waals surface area contributed by atoms with E-state index in [0.29, 0.717) is 18.0 Å². The predicted octanol–water partition coefficient (Wildman–Crippen LogP) is 4.05. The van der Waals surface area contributed by atoms with Crippen LogP contribution in [0.4, 0.5) is 5.69 Å². The number of hydrogen-bond donors (Lipinski definition) is 1. The summed E-state index contributed by atoms with van der Waals surface area (Å²) in [5.41, 5.74) is 1.74. The van der Waals surface area contributed by atoms with E-state index >= 15 is 0 Å². The molecule has 122 valence electrons. The number of amides is 1. The highest BCUT2D eigenvalue weighted by Gasteiger charge is 2.17. The van der Waals surface area contributed by atoms with Gasteiger partial charge in [-0.05, 0) is 44.0 Å². The lowest BCUT2D eigenvalue weighted by atomic mass is 10.1. The number of aryl methyl sites for hydroxylation is 1. The molecule has 0 saturated carbocycles. The van der Waals surface area contributed by atoms with E-state index in [-0.39, 0.29) is 5.91 Å². The lowest BCUT2D eigenvalue weighted by Gasteiger charge is -2.18. The van der Waals surface area contributed by atoms with E-state index in [1.54, 1.807) is 6.92 Å². The lowest BCUT2D eigenvalue weighted by molar-refractivity contribution is -0.122. The second kappa shape index (κ2) is 8.22. The van der Waals surface area contributed by atoms with Crippen molar-refractivity contribution < 1.29 is 14.3 Å². The van der Waals surface area contributed by atoms with Crippen LogP contribution in [-0.4, -0.2) is 18.6 Å². The van der Waals surface area contributed by atoms with Gasteiger partial charge in [-0.15, -0.1) is 0 Å². The van der Waals surface area contributed by atoms with Crippen LogP contribution in [-0.2, 0) is 11.2 Å². The zero-order chi connectivity index (χ0) is 16.7. The smallest absolute Gasteiger partial charge is 0.265 e. The Hall–Kier alpha value is -2.49. The van der Waals surface area contributed by atoms with Crippen LogP contribution in [0.15, 0.2) is 48.5 Å². The first kappa shape index (κ1) is 16.9. The quantitative estimate of drug-likeness (QED) is 0.838. The molecule has 0 radical (unpaired) electrons. The van der Waals surface area contributed by atoms with Crippen molar-refractivity contribution in [1.82, 2.24) is 0 Å². The Balaban J connectivity index is 2.06. The van der Waals surface area contributed by atoms with Crippen molar-refractivity contribution in [3.8, 4) is 11.5 Å². The van der Waals surface area contributed by atoms with Crippen molar-refractivity contribution in [2.24, 2.45) is 0 Å². The van der Waals surface area contributed by atoms with E-state index in [1.807, 2.05) is 55.5 Å². The maximum atomic E-state index is 12.4. The molecule has 0 spiro atoms. The molecule has 1 N–H and O–H groups in total. The number of ether oxygens (including phenoxy) is 2. The summed E-state index contributed by atoms with van der Waals surface area (Å²) in [6.45, 7) is 6.26. The Labute approximate surface area is 137 Å². The first-order chi connectivity index (χ1) is 11.2. The maximum absolute atomic E-state index is 12.4. The summed E-state index contributed by atoms with van der Waals surface area (Å²) in [6, 6.07) is 15.1. The van der Waals surface area contributed by atoms with Crippen molar-refractivity contribution in [3.05, 3.63) is 54.1 Å². The van der Waals surface area contributed by atoms with E-state index in [1.165, 1.54) is 0 Å². The summed E-state index contributed by atoms with van der Waals surface area (Å²) in [7, 11) is 0. The van der Waals surface area contributed by atoms with Gasteiger partial charge in [-0.25, -0.2) is 0 Å². The van der Waals surface area contributed by atoms with Gasteiger partial charge in [0.15, 0.2) is 6.10 Å². The maximum Gasteiger partial charge on any atom is 0.265 e. The van der Waals surface area contributed by atoms with Crippen LogP contribution in [0.25, 0.3) is 0 Å². The summed E-state index contributed by atoms with van der Waals surface area (Å²) in [5, 5.41) is 2.86. The third-order valence-corrected chi connectivity index (χ3v) is 3.47. The third-order valence-electron chi connectivity index (χ3n) is 3.47. The van der Waals surface area contributed by atoms with Gasteiger partial charge >= 0.3 is 0 Å². The number of carbonyl (C=O) groups excluding carboxylic acids is 1. The second-order valence-electron chi connectivity index (χ2n) is 5.14. The van der Waals surface area contributed by atoms with Crippen LogP contribution in [0, 0.1) is 0 Å². The van der Waals surface area contributed by atoms with Crippen LogP contribution >= 0.6 is 0 Å². The Morgan fingerprint density at radius 1 is 1.04 bits per heavy atom. The molecule has 0 unspecified atom stereocenters. The fourth-order valence-electron chi connectivity index (χ4n) is 2.24. The average molecular weight is 313 g/mol. The fraction of sp³-hybridized carbons (Fsp3) is 0.316. The first-order valence-electron chi connectivity index (χ1n) is 7.93. The number of anilines is 1. The molecule has 4 heteroatoms. The molecule has 1 amide bonds. The molecule has 2 aromatic carbocycles. The molecular formula is C19H23NO3. The highest BCUT2D eigenvalue weighted by molar-refractivity contribution is 5.95. The van der Waals surface area contributed by atoms with Crippen LogP contribution in [0.2, 0.25) is 0 Å². The van der Waals surface area contributed by atoms with Gasteiger partial charge in [-0.3, -0.25) is 4.79 Å². The molecule has 0 fully saturated rings. The SMILES string of the molecule is CCOc1ccccc1NC(=O)[C@H](C)Oc1ccccc1CC. The topological polar surface area (TPSA) is 47.6 Å². The zero-order valence-corrected chi connectivity index (χ0v) is 13.8. The lowest BCUT2D eigenvalue weighted by Crippen LogP contribution is -2.30. The number of carbonyl (C=O) groups is 1. The Morgan fingerprint density at radius 3 is 2.39 bits per heavy atom. The number of nitrogens with one attached hydrogen (secondary N) is 1. The van der Waals surface area contributed by atoms with Crippen molar-refractivity contribution in [2.75, 3.05) is 11.9 Å². The van der Waals surface area contributed by atoms with E-state index in [9.17, 15) is 4.79 Å². The van der Waals surface area contributed by atoms with Gasteiger partial charge in [0.1, 0.15) is 11.5 Å². The van der Waals surface area contributed by atoms with E-state index in [0.717, 1.165) is 17.7 Å². The van der Waals surface area contributed by atoms with E-state index in [2.05, 4.69) is 12.2 Å². The molecule has 0 aliphatic heterocycles. The molecule has 23 heavy (non-hydrogen) atoms. The molecule has 2 rings (SSSR count). The molecule has 0 heterocycles. The highest BCUT2D eigenvalue weighted by atomic mass is 16.5. The minimum atomic E-state index is -0.600. The second-order valence-corrected chi connectivity index (χ2v) is 5.14. The standard InChI is InChI=1S/C19H23NO3/c1-4-15-10-6-8-12-17(15)23-14(3)19(21)20-16-11-7-9-13-18(16)22-5-2/h6-14H,4-5H2,1-3H3,(H,20,21)/t14-/m0/s1. The zero-order valence-electron chi connectivity index (χ0n) is 13.8. The van der Waals surface area contributed by atoms with Crippen LogP contribution in [0.1, 0.15) is 26.3 Å². The number of benzene rings is 2. The molecule has 0 bridgehead atoms. The third kappa shape index (κ3) is 4.49. The highest BCUT2D eigenvalue weighted by Crippen LogP contribution is 2.25. The normalized spacial score (nSPS) is 11.6. The number of rotatable bonds is 7. The number of hydrogen-bond acceptors (Lipinski definition) is 3. The molecule has 0 saturated heterocycles. The molecule has 0 aliphatic rings. The molecular weight excluding hydrogens is 290 g/mol. The summed E-state index contributed by atoms with van der Waals surface area (Å²) in [4.78, 5) is 12.4. The van der Waals surface area contributed by atoms with Gasteiger partial charge in [0.2, 0.25) is 0 Å². The van der Waals surface area contributed by atoms with Gasteiger partial charge in [0.25, 0.3) is 5.91 Å². The summed E-state index contributed by atoms with van der Waals surface area (Å²) >= 11 is 0. The van der Waals surface area contributed by atoms with Gasteiger partial charge in [0.05, 0.1) is 12.3 Å². The van der Waals surface area contributed by atoms with Crippen molar-refractivity contribution >= 4 is 11.6 Å². The Bertz CT molecular complexity index is 655. The molecule has 0 aromatic heterocycles. The molecule has 2 aromatic rings. The molecule has 1 atom stereocenters. The van der Waals surface area contributed by atoms with Crippen molar-refractivity contribution in [2.45, 2.75) is 33.3 Å².